The third-order valence-electron chi connectivity index (χ3n) is 4.51. The number of pyridine rings is 2. The van der Waals surface area contributed by atoms with E-state index in [2.05, 4.69) is 15.3 Å². The van der Waals surface area contributed by atoms with E-state index in [1.54, 1.807) is 24.4 Å². The third-order valence-corrected chi connectivity index (χ3v) is 4.51. The lowest BCUT2D eigenvalue weighted by Crippen LogP contribution is -2.56. The van der Waals surface area contributed by atoms with Crippen LogP contribution in [0.4, 0.5) is 5.82 Å². The average molecular weight is 325 g/mol. The van der Waals surface area contributed by atoms with E-state index in [1.165, 1.54) is 0 Å². The fourth-order valence-electron chi connectivity index (χ4n) is 3.25. The van der Waals surface area contributed by atoms with Gasteiger partial charge in [-0.05, 0) is 31.9 Å². The van der Waals surface area contributed by atoms with Crippen molar-refractivity contribution in [3.63, 3.8) is 0 Å². The molecule has 2 aliphatic rings. The number of hydrogen-bond acceptors (Lipinski definition) is 5. The number of ether oxygens (including phenoxy) is 2. The van der Waals surface area contributed by atoms with Gasteiger partial charge in [0.1, 0.15) is 23.4 Å². The maximum absolute atomic E-state index is 12.4. The highest BCUT2D eigenvalue weighted by Crippen LogP contribution is 2.48. The van der Waals surface area contributed by atoms with Crippen LogP contribution in [0.15, 0.2) is 36.5 Å². The highest BCUT2D eigenvalue weighted by molar-refractivity contribution is 6.02. The quantitative estimate of drug-likeness (QED) is 0.935. The highest BCUT2D eigenvalue weighted by atomic mass is 16.5. The Balaban J connectivity index is 1.44. The predicted molar refractivity (Wildman–Crippen MR) is 88.1 cm³/mol. The standard InChI is InChI=1S/C18H19N3O3/c1-12-6-13(24-14-8-18(9-14)10-23-11-18)7-15(20-12)17(22)21-16-4-2-3-5-19-16/h2-7,14H,8-11H2,1H3,(H,19,21,22). The number of amides is 1. The van der Waals surface area contributed by atoms with Crippen LogP contribution in [-0.4, -0.2) is 35.2 Å². The molecule has 2 aromatic heterocycles. The summed E-state index contributed by atoms with van der Waals surface area (Å²) in [5.41, 5.74) is 1.43. The summed E-state index contributed by atoms with van der Waals surface area (Å²) in [6.07, 6.45) is 3.86. The molecule has 1 amide bonds. The van der Waals surface area contributed by atoms with E-state index in [4.69, 9.17) is 9.47 Å². The minimum absolute atomic E-state index is 0.197. The largest absolute Gasteiger partial charge is 0.490 e. The zero-order chi connectivity index (χ0) is 16.6. The molecule has 1 saturated carbocycles. The van der Waals surface area contributed by atoms with Gasteiger partial charge in [-0.25, -0.2) is 9.97 Å². The van der Waals surface area contributed by atoms with Gasteiger partial charge < -0.3 is 14.8 Å². The lowest BCUT2D eigenvalue weighted by atomic mass is 9.65. The van der Waals surface area contributed by atoms with E-state index in [1.807, 2.05) is 19.1 Å². The van der Waals surface area contributed by atoms with Crippen LogP contribution in [0.3, 0.4) is 0 Å². The maximum atomic E-state index is 12.4. The molecule has 0 atom stereocenters. The molecule has 24 heavy (non-hydrogen) atoms. The van der Waals surface area contributed by atoms with E-state index < -0.39 is 0 Å². The maximum Gasteiger partial charge on any atom is 0.275 e. The van der Waals surface area contributed by atoms with Crippen LogP contribution in [0.1, 0.15) is 29.0 Å². The van der Waals surface area contributed by atoms with Crippen molar-refractivity contribution in [2.45, 2.75) is 25.9 Å². The molecule has 0 unspecified atom stereocenters. The molecule has 124 valence electrons. The van der Waals surface area contributed by atoms with Gasteiger partial charge in [0.25, 0.3) is 5.91 Å². The number of aromatic nitrogens is 2. The van der Waals surface area contributed by atoms with Crippen LogP contribution in [-0.2, 0) is 4.74 Å². The molecule has 0 aromatic carbocycles. The minimum Gasteiger partial charge on any atom is -0.490 e. The molecule has 4 rings (SSSR count). The van der Waals surface area contributed by atoms with E-state index in [0.29, 0.717) is 22.7 Å². The molecule has 2 fully saturated rings. The zero-order valence-corrected chi connectivity index (χ0v) is 13.5. The number of nitrogens with zero attached hydrogens (tertiary/aromatic N) is 2. The molecule has 6 nitrogen and oxygen atoms in total. The van der Waals surface area contributed by atoms with E-state index in [-0.39, 0.29) is 12.0 Å². The van der Waals surface area contributed by atoms with Crippen molar-refractivity contribution in [1.29, 1.82) is 0 Å². The van der Waals surface area contributed by atoms with Crippen molar-refractivity contribution < 1.29 is 14.3 Å². The van der Waals surface area contributed by atoms with Crippen molar-refractivity contribution in [2.24, 2.45) is 5.41 Å². The first-order valence-electron chi connectivity index (χ1n) is 8.07. The molecule has 1 spiro atoms. The summed E-state index contributed by atoms with van der Waals surface area (Å²) < 4.78 is 11.3. The van der Waals surface area contributed by atoms with Gasteiger partial charge in [-0.15, -0.1) is 0 Å². The number of nitrogens with one attached hydrogen (secondary N) is 1. The molecule has 0 radical (unpaired) electrons. The molecule has 1 aliphatic heterocycles. The second-order valence-electron chi connectivity index (χ2n) is 6.64. The number of hydrogen-bond donors (Lipinski definition) is 1. The molecule has 1 N–H and O–H groups in total. The van der Waals surface area contributed by atoms with E-state index >= 15 is 0 Å². The second-order valence-corrected chi connectivity index (χ2v) is 6.64. The Kier molecular flexibility index (Phi) is 3.69. The third kappa shape index (κ3) is 2.97. The van der Waals surface area contributed by atoms with Crippen LogP contribution in [0.5, 0.6) is 5.75 Å². The molecule has 3 heterocycles. The van der Waals surface area contributed by atoms with Crippen LogP contribution >= 0.6 is 0 Å². The van der Waals surface area contributed by atoms with Crippen molar-refractivity contribution in [3.05, 3.63) is 47.9 Å². The first kappa shape index (κ1) is 15.1. The Hall–Kier alpha value is -2.47. The molecular weight excluding hydrogens is 306 g/mol. The average Bonchev–Trinajstić information content (AvgIpc) is 2.49. The lowest BCUT2D eigenvalue weighted by Gasteiger charge is -2.52. The number of rotatable bonds is 4. The van der Waals surface area contributed by atoms with Crippen LogP contribution in [0.25, 0.3) is 0 Å². The predicted octanol–water partition coefficient (Wildman–Crippen LogP) is 2.60. The van der Waals surface area contributed by atoms with E-state index in [9.17, 15) is 4.79 Å². The van der Waals surface area contributed by atoms with Gasteiger partial charge in [0, 0.05) is 29.4 Å². The van der Waals surface area contributed by atoms with Crippen molar-refractivity contribution >= 4 is 11.7 Å². The fourth-order valence-corrected chi connectivity index (χ4v) is 3.25. The summed E-state index contributed by atoms with van der Waals surface area (Å²) in [5.74, 6) is 0.896. The van der Waals surface area contributed by atoms with Crippen molar-refractivity contribution in [1.82, 2.24) is 9.97 Å². The molecule has 2 aromatic rings. The zero-order valence-electron chi connectivity index (χ0n) is 13.5. The number of anilines is 1. The second kappa shape index (κ2) is 5.87. The first-order chi connectivity index (χ1) is 11.6. The Bertz CT molecular complexity index is 751. The smallest absolute Gasteiger partial charge is 0.275 e. The summed E-state index contributed by atoms with van der Waals surface area (Å²) in [6.45, 7) is 3.55. The number of aryl methyl sites for hydroxylation is 1. The Labute approximate surface area is 140 Å². The van der Waals surface area contributed by atoms with Gasteiger partial charge >= 0.3 is 0 Å². The number of carbonyl (C=O) groups excluding carboxylic acids is 1. The molecule has 1 aliphatic carbocycles. The molecule has 1 saturated heterocycles. The topological polar surface area (TPSA) is 73.3 Å². The SMILES string of the molecule is Cc1cc(OC2CC3(COC3)C2)cc(C(=O)Nc2ccccn2)n1. The van der Waals surface area contributed by atoms with Crippen LogP contribution < -0.4 is 10.1 Å². The van der Waals surface area contributed by atoms with Gasteiger partial charge in [0.2, 0.25) is 0 Å². The van der Waals surface area contributed by atoms with Gasteiger partial charge in [-0.1, -0.05) is 6.07 Å². The lowest BCUT2D eigenvalue weighted by molar-refractivity contribution is -0.191. The van der Waals surface area contributed by atoms with Crippen molar-refractivity contribution in [3.8, 4) is 5.75 Å². The van der Waals surface area contributed by atoms with E-state index in [0.717, 1.165) is 31.7 Å². The summed E-state index contributed by atoms with van der Waals surface area (Å²) >= 11 is 0. The Morgan fingerprint density at radius 2 is 2.17 bits per heavy atom. The highest BCUT2D eigenvalue weighted by Gasteiger charge is 2.51. The van der Waals surface area contributed by atoms with Gasteiger partial charge in [-0.2, -0.15) is 0 Å². The summed E-state index contributed by atoms with van der Waals surface area (Å²) in [6, 6.07) is 8.90. The van der Waals surface area contributed by atoms with Crippen LogP contribution in [0.2, 0.25) is 0 Å². The molecular formula is C18H19N3O3. The fraction of sp³-hybridized carbons (Fsp3) is 0.389. The molecule has 0 bridgehead atoms. The summed E-state index contributed by atoms with van der Waals surface area (Å²) in [5, 5.41) is 2.74. The monoisotopic (exact) mass is 325 g/mol. The summed E-state index contributed by atoms with van der Waals surface area (Å²) in [4.78, 5) is 20.7. The van der Waals surface area contributed by atoms with Crippen LogP contribution in [0, 0.1) is 12.3 Å². The Morgan fingerprint density at radius 1 is 1.33 bits per heavy atom. The minimum atomic E-state index is -0.292. The summed E-state index contributed by atoms with van der Waals surface area (Å²) in [7, 11) is 0. The molecule has 6 heteroatoms. The normalized spacial score (nSPS) is 18.5. The van der Waals surface area contributed by atoms with Gasteiger partial charge in [0.15, 0.2) is 0 Å². The van der Waals surface area contributed by atoms with Gasteiger partial charge in [-0.3, -0.25) is 4.79 Å². The van der Waals surface area contributed by atoms with Crippen molar-refractivity contribution in [2.75, 3.05) is 18.5 Å². The Morgan fingerprint density at radius 3 is 2.83 bits per heavy atom. The van der Waals surface area contributed by atoms with Gasteiger partial charge in [0.05, 0.1) is 13.2 Å². The first-order valence-corrected chi connectivity index (χ1v) is 8.07. The number of carbonyl (C=O) groups is 1.